The van der Waals surface area contributed by atoms with E-state index in [4.69, 9.17) is 4.74 Å². The molecule has 1 rings (SSSR count). The highest BCUT2D eigenvalue weighted by Gasteiger charge is 2.25. The summed E-state index contributed by atoms with van der Waals surface area (Å²) in [5.74, 6) is -0.00231. The summed E-state index contributed by atoms with van der Waals surface area (Å²) in [6.45, 7) is 5.89. The normalized spacial score (nSPS) is 23.4. The Bertz CT molecular complexity index is 145. The highest BCUT2D eigenvalue weighted by Crippen LogP contribution is 2.14. The van der Waals surface area contributed by atoms with Gasteiger partial charge in [0.15, 0.2) is 5.78 Å². The van der Waals surface area contributed by atoms with Gasteiger partial charge in [-0.2, -0.15) is 0 Å². The van der Waals surface area contributed by atoms with E-state index in [-0.39, 0.29) is 11.9 Å². The SMILES string of the molecule is C=C(C)C(=O)[CH]C1CO1. The topological polar surface area (TPSA) is 29.6 Å². The predicted molar refractivity (Wildman–Crippen MR) is 33.9 cm³/mol. The summed E-state index contributed by atoms with van der Waals surface area (Å²) in [5.41, 5.74) is 0.575. The molecule has 0 spiro atoms. The second-order valence-electron chi connectivity index (χ2n) is 2.18. The molecule has 1 radical (unpaired) electrons. The lowest BCUT2D eigenvalue weighted by Crippen LogP contribution is -2.03. The van der Waals surface area contributed by atoms with Crippen molar-refractivity contribution in [3.05, 3.63) is 18.6 Å². The Morgan fingerprint density at radius 2 is 2.44 bits per heavy atom. The zero-order valence-corrected chi connectivity index (χ0v) is 5.39. The minimum Gasteiger partial charge on any atom is -0.372 e. The Kier molecular flexibility index (Phi) is 1.67. The lowest BCUT2D eigenvalue weighted by atomic mass is 10.1. The lowest BCUT2D eigenvalue weighted by molar-refractivity contribution is -0.112. The fraction of sp³-hybridized carbons (Fsp3) is 0.429. The van der Waals surface area contributed by atoms with E-state index in [9.17, 15) is 4.79 Å². The van der Waals surface area contributed by atoms with Gasteiger partial charge in [-0.3, -0.25) is 4.79 Å². The molecule has 0 saturated carbocycles. The van der Waals surface area contributed by atoms with Crippen LogP contribution in [0.2, 0.25) is 0 Å². The fourth-order valence-corrected chi connectivity index (χ4v) is 0.463. The zero-order chi connectivity index (χ0) is 6.85. The highest BCUT2D eigenvalue weighted by molar-refractivity contribution is 6.01. The summed E-state index contributed by atoms with van der Waals surface area (Å²) >= 11 is 0. The van der Waals surface area contributed by atoms with Crippen LogP contribution in [-0.4, -0.2) is 18.5 Å². The monoisotopic (exact) mass is 125 g/mol. The first-order chi connectivity index (χ1) is 4.20. The Balaban J connectivity index is 2.25. The molecule has 0 N–H and O–H groups in total. The van der Waals surface area contributed by atoms with Crippen LogP contribution in [0.5, 0.6) is 0 Å². The van der Waals surface area contributed by atoms with Gasteiger partial charge in [0.05, 0.1) is 19.1 Å². The van der Waals surface area contributed by atoms with Crippen LogP contribution in [0.15, 0.2) is 12.2 Å². The van der Waals surface area contributed by atoms with Gasteiger partial charge in [0, 0.05) is 0 Å². The van der Waals surface area contributed by atoms with Gasteiger partial charge in [0.2, 0.25) is 0 Å². The van der Waals surface area contributed by atoms with Gasteiger partial charge < -0.3 is 4.74 Å². The number of hydrogen-bond donors (Lipinski definition) is 0. The molecule has 0 aromatic carbocycles. The molecule has 0 aliphatic carbocycles. The van der Waals surface area contributed by atoms with E-state index in [1.54, 1.807) is 13.3 Å². The maximum absolute atomic E-state index is 10.8. The van der Waals surface area contributed by atoms with E-state index in [2.05, 4.69) is 6.58 Å². The summed E-state index contributed by atoms with van der Waals surface area (Å²) in [6, 6.07) is 0. The molecule has 1 saturated heterocycles. The lowest BCUT2D eigenvalue weighted by Gasteiger charge is -1.91. The summed E-state index contributed by atoms with van der Waals surface area (Å²) in [6.07, 6.45) is 1.64. The van der Waals surface area contributed by atoms with Gasteiger partial charge in [0.1, 0.15) is 0 Å². The van der Waals surface area contributed by atoms with Crippen molar-refractivity contribution < 1.29 is 9.53 Å². The standard InChI is InChI=1S/C7H9O2/c1-5(2)7(8)3-6-4-9-6/h3,6H,1,4H2,2H3. The smallest absolute Gasteiger partial charge is 0.164 e. The zero-order valence-electron chi connectivity index (χ0n) is 5.39. The van der Waals surface area contributed by atoms with Crippen LogP contribution >= 0.6 is 0 Å². The van der Waals surface area contributed by atoms with E-state index in [0.29, 0.717) is 12.2 Å². The molecule has 0 aromatic rings. The second-order valence-corrected chi connectivity index (χ2v) is 2.18. The van der Waals surface area contributed by atoms with E-state index >= 15 is 0 Å². The first-order valence-electron chi connectivity index (χ1n) is 2.86. The molecule has 1 fully saturated rings. The Hall–Kier alpha value is -0.630. The second kappa shape index (κ2) is 2.31. The minimum absolute atomic E-state index is 0.00231. The molecule has 0 aromatic heterocycles. The molecule has 1 unspecified atom stereocenters. The quantitative estimate of drug-likeness (QED) is 0.411. The number of Topliss-reactive ketones (excluding diaryl/α,β-unsaturated/α-hetero) is 1. The van der Waals surface area contributed by atoms with E-state index < -0.39 is 0 Å². The molecule has 49 valence electrons. The first-order valence-corrected chi connectivity index (χ1v) is 2.86. The average Bonchev–Trinajstić information content (AvgIpc) is 2.50. The summed E-state index contributed by atoms with van der Waals surface area (Å²) in [5, 5.41) is 0. The Morgan fingerprint density at radius 3 is 2.78 bits per heavy atom. The van der Waals surface area contributed by atoms with Gasteiger partial charge in [-0.15, -0.1) is 0 Å². The van der Waals surface area contributed by atoms with Crippen LogP contribution in [0.25, 0.3) is 0 Å². The third-order valence-electron chi connectivity index (χ3n) is 1.12. The molecule has 9 heavy (non-hydrogen) atoms. The van der Waals surface area contributed by atoms with Crippen molar-refractivity contribution in [2.45, 2.75) is 13.0 Å². The maximum Gasteiger partial charge on any atom is 0.164 e. The number of epoxide rings is 1. The molecular weight excluding hydrogens is 116 g/mol. The number of allylic oxidation sites excluding steroid dienone is 1. The van der Waals surface area contributed by atoms with E-state index in [1.165, 1.54) is 0 Å². The van der Waals surface area contributed by atoms with E-state index in [1.807, 2.05) is 0 Å². The van der Waals surface area contributed by atoms with Crippen LogP contribution in [0.4, 0.5) is 0 Å². The average molecular weight is 125 g/mol. The number of carbonyl (C=O) groups excluding carboxylic acids is 1. The van der Waals surface area contributed by atoms with Crippen LogP contribution in [0.1, 0.15) is 6.92 Å². The fourth-order valence-electron chi connectivity index (χ4n) is 0.463. The molecule has 1 atom stereocenters. The largest absolute Gasteiger partial charge is 0.372 e. The minimum atomic E-state index is -0.00231. The first kappa shape index (κ1) is 6.49. The molecule has 1 aliphatic rings. The third kappa shape index (κ3) is 1.98. The number of rotatable bonds is 3. The number of carbonyl (C=O) groups is 1. The molecule has 2 nitrogen and oxygen atoms in total. The van der Waals surface area contributed by atoms with Crippen LogP contribution in [0.3, 0.4) is 0 Å². The molecule has 0 bridgehead atoms. The Labute approximate surface area is 54.5 Å². The summed E-state index contributed by atoms with van der Waals surface area (Å²) in [4.78, 5) is 10.8. The number of ketones is 1. The predicted octanol–water partition coefficient (Wildman–Crippen LogP) is 0.735. The van der Waals surface area contributed by atoms with Crippen molar-refractivity contribution in [1.29, 1.82) is 0 Å². The van der Waals surface area contributed by atoms with Crippen molar-refractivity contribution >= 4 is 5.78 Å². The third-order valence-corrected chi connectivity index (χ3v) is 1.12. The van der Waals surface area contributed by atoms with Crippen molar-refractivity contribution in [3.63, 3.8) is 0 Å². The van der Waals surface area contributed by atoms with Gasteiger partial charge in [-0.05, 0) is 12.5 Å². The summed E-state index contributed by atoms with van der Waals surface area (Å²) < 4.78 is 4.81. The van der Waals surface area contributed by atoms with Crippen molar-refractivity contribution in [3.8, 4) is 0 Å². The van der Waals surface area contributed by atoms with Gasteiger partial charge in [0.25, 0.3) is 0 Å². The molecule has 1 heterocycles. The van der Waals surface area contributed by atoms with Crippen LogP contribution in [-0.2, 0) is 9.53 Å². The number of hydrogen-bond acceptors (Lipinski definition) is 2. The highest BCUT2D eigenvalue weighted by atomic mass is 16.6. The summed E-state index contributed by atoms with van der Waals surface area (Å²) in [7, 11) is 0. The maximum atomic E-state index is 10.8. The van der Waals surface area contributed by atoms with Gasteiger partial charge in [-0.25, -0.2) is 0 Å². The molecule has 2 heteroatoms. The Morgan fingerprint density at radius 1 is 1.89 bits per heavy atom. The number of ether oxygens (including phenoxy) is 1. The van der Waals surface area contributed by atoms with Crippen LogP contribution < -0.4 is 0 Å². The van der Waals surface area contributed by atoms with Crippen LogP contribution in [0, 0.1) is 6.42 Å². The molecular formula is C7H9O2. The molecule has 0 amide bonds. The van der Waals surface area contributed by atoms with Gasteiger partial charge >= 0.3 is 0 Å². The van der Waals surface area contributed by atoms with Gasteiger partial charge in [-0.1, -0.05) is 6.58 Å². The van der Waals surface area contributed by atoms with Crippen molar-refractivity contribution in [2.75, 3.05) is 6.61 Å². The van der Waals surface area contributed by atoms with Crippen molar-refractivity contribution in [1.82, 2.24) is 0 Å². The van der Waals surface area contributed by atoms with E-state index in [0.717, 1.165) is 0 Å². The molecule has 1 aliphatic heterocycles. The van der Waals surface area contributed by atoms with Crippen molar-refractivity contribution in [2.24, 2.45) is 0 Å².